The van der Waals surface area contributed by atoms with Gasteiger partial charge >= 0.3 is 0 Å². The fourth-order valence-electron chi connectivity index (χ4n) is 3.80. The molecule has 152 valence electrons. The average Bonchev–Trinajstić information content (AvgIpc) is 3.08. The molecule has 3 aromatic rings. The van der Waals surface area contributed by atoms with Gasteiger partial charge in [-0.1, -0.05) is 48.5 Å². The van der Waals surface area contributed by atoms with Gasteiger partial charge in [-0.3, -0.25) is 4.68 Å². The standard InChI is InChI=1S/C22H26N4O2S/c1-26-16-20(15-24-26)29(27,28)25-14-18-9-10-19-8-5-11-23-22(21(19)12-18)13-17-6-3-2-4-7-17/h2-4,6-7,9-10,12,15-16,22-23,25H,5,8,11,13-14H2,1H3. The van der Waals surface area contributed by atoms with Crippen LogP contribution in [0.25, 0.3) is 0 Å². The molecule has 0 saturated carbocycles. The van der Waals surface area contributed by atoms with Crippen LogP contribution in [0.2, 0.25) is 0 Å². The minimum Gasteiger partial charge on any atom is -0.310 e. The van der Waals surface area contributed by atoms with Gasteiger partial charge in [0.1, 0.15) is 4.90 Å². The van der Waals surface area contributed by atoms with Crippen LogP contribution in [0, 0.1) is 0 Å². The lowest BCUT2D eigenvalue weighted by Crippen LogP contribution is -2.24. The van der Waals surface area contributed by atoms with Crippen molar-refractivity contribution in [2.75, 3.05) is 6.54 Å². The highest BCUT2D eigenvalue weighted by atomic mass is 32.2. The Morgan fingerprint density at radius 2 is 2.00 bits per heavy atom. The number of nitrogens with zero attached hydrogens (tertiary/aromatic N) is 2. The van der Waals surface area contributed by atoms with Crippen LogP contribution in [0.1, 0.15) is 34.7 Å². The SMILES string of the molecule is Cn1cc(S(=O)(=O)NCc2ccc3c(c2)C(Cc2ccccc2)NCCC3)cn1. The third kappa shape index (κ3) is 4.75. The van der Waals surface area contributed by atoms with Gasteiger partial charge in [-0.15, -0.1) is 0 Å². The fraction of sp³-hybridized carbons (Fsp3) is 0.318. The molecule has 7 heteroatoms. The minimum absolute atomic E-state index is 0.179. The number of fused-ring (bicyclic) bond motifs is 1. The van der Waals surface area contributed by atoms with Crippen molar-refractivity contribution in [2.45, 2.75) is 36.7 Å². The van der Waals surface area contributed by atoms with Crippen molar-refractivity contribution in [3.05, 3.63) is 83.2 Å². The Kier molecular flexibility index (Phi) is 5.80. The third-order valence-corrected chi connectivity index (χ3v) is 6.70. The van der Waals surface area contributed by atoms with Crippen molar-refractivity contribution in [2.24, 2.45) is 7.05 Å². The number of nitrogens with one attached hydrogen (secondary N) is 2. The van der Waals surface area contributed by atoms with E-state index in [4.69, 9.17) is 0 Å². The summed E-state index contributed by atoms with van der Waals surface area (Å²) >= 11 is 0. The van der Waals surface area contributed by atoms with Gasteiger partial charge in [0.05, 0.1) is 6.20 Å². The van der Waals surface area contributed by atoms with Crippen molar-refractivity contribution < 1.29 is 8.42 Å². The number of aryl methyl sites for hydroxylation is 2. The zero-order chi connectivity index (χ0) is 20.3. The molecular weight excluding hydrogens is 384 g/mol. The molecule has 0 radical (unpaired) electrons. The molecule has 1 aliphatic rings. The summed E-state index contributed by atoms with van der Waals surface area (Å²) in [7, 11) is -1.88. The van der Waals surface area contributed by atoms with Crippen LogP contribution < -0.4 is 10.0 Å². The molecule has 1 aliphatic heterocycles. The first-order valence-electron chi connectivity index (χ1n) is 9.88. The maximum atomic E-state index is 12.5. The predicted molar refractivity (Wildman–Crippen MR) is 113 cm³/mol. The summed E-state index contributed by atoms with van der Waals surface area (Å²) in [5.41, 5.74) is 4.86. The maximum absolute atomic E-state index is 12.5. The zero-order valence-electron chi connectivity index (χ0n) is 16.5. The molecule has 2 aromatic carbocycles. The fourth-order valence-corrected chi connectivity index (χ4v) is 4.80. The topological polar surface area (TPSA) is 76.0 Å². The van der Waals surface area contributed by atoms with Gasteiger partial charge in [-0.05, 0) is 48.1 Å². The molecule has 1 atom stereocenters. The molecule has 0 bridgehead atoms. The Balaban J connectivity index is 1.54. The number of hydrogen-bond acceptors (Lipinski definition) is 4. The second kappa shape index (κ2) is 8.49. The van der Waals surface area contributed by atoms with E-state index < -0.39 is 10.0 Å². The van der Waals surface area contributed by atoms with E-state index in [0.29, 0.717) is 0 Å². The molecule has 2 N–H and O–H groups in total. The summed E-state index contributed by atoms with van der Waals surface area (Å²) in [6.45, 7) is 1.23. The van der Waals surface area contributed by atoms with Crippen LogP contribution >= 0.6 is 0 Å². The molecule has 1 unspecified atom stereocenters. The van der Waals surface area contributed by atoms with E-state index in [1.165, 1.54) is 33.8 Å². The van der Waals surface area contributed by atoms with Crippen LogP contribution in [0.5, 0.6) is 0 Å². The predicted octanol–water partition coefficient (Wildman–Crippen LogP) is 2.72. The molecule has 2 heterocycles. The molecule has 6 nitrogen and oxygen atoms in total. The Labute approximate surface area is 172 Å². The maximum Gasteiger partial charge on any atom is 0.243 e. The molecule has 29 heavy (non-hydrogen) atoms. The largest absolute Gasteiger partial charge is 0.310 e. The second-order valence-corrected chi connectivity index (χ2v) is 9.27. The molecule has 0 aliphatic carbocycles. The highest BCUT2D eigenvalue weighted by molar-refractivity contribution is 7.89. The summed E-state index contributed by atoms with van der Waals surface area (Å²) in [6.07, 6.45) is 5.91. The molecular formula is C22H26N4O2S. The van der Waals surface area contributed by atoms with Gasteiger partial charge in [0.15, 0.2) is 0 Å². The first-order chi connectivity index (χ1) is 14.0. The van der Waals surface area contributed by atoms with Crippen molar-refractivity contribution >= 4 is 10.0 Å². The molecule has 4 rings (SSSR count). The number of rotatable bonds is 6. The van der Waals surface area contributed by atoms with E-state index in [-0.39, 0.29) is 17.5 Å². The average molecular weight is 411 g/mol. The monoisotopic (exact) mass is 410 g/mol. The Hall–Kier alpha value is -2.48. The van der Waals surface area contributed by atoms with E-state index in [9.17, 15) is 8.42 Å². The van der Waals surface area contributed by atoms with Gasteiger partial charge in [-0.25, -0.2) is 13.1 Å². The lowest BCUT2D eigenvalue weighted by Gasteiger charge is -2.20. The van der Waals surface area contributed by atoms with Crippen molar-refractivity contribution in [1.29, 1.82) is 0 Å². The number of benzene rings is 2. The van der Waals surface area contributed by atoms with E-state index in [1.807, 2.05) is 12.1 Å². The van der Waals surface area contributed by atoms with Crippen LogP contribution in [0.3, 0.4) is 0 Å². The highest BCUT2D eigenvalue weighted by Gasteiger charge is 2.20. The molecule has 1 aromatic heterocycles. The Morgan fingerprint density at radius 1 is 1.17 bits per heavy atom. The number of hydrogen-bond donors (Lipinski definition) is 2. The number of aromatic nitrogens is 2. The van der Waals surface area contributed by atoms with E-state index in [0.717, 1.165) is 31.4 Å². The molecule has 0 amide bonds. The first-order valence-corrected chi connectivity index (χ1v) is 11.4. The van der Waals surface area contributed by atoms with Crippen LogP contribution in [-0.2, 0) is 36.5 Å². The minimum atomic E-state index is -3.58. The summed E-state index contributed by atoms with van der Waals surface area (Å²) in [6, 6.07) is 17.0. The number of sulfonamides is 1. The van der Waals surface area contributed by atoms with Crippen LogP contribution in [-0.4, -0.2) is 24.7 Å². The van der Waals surface area contributed by atoms with Crippen molar-refractivity contribution in [1.82, 2.24) is 19.8 Å². The zero-order valence-corrected chi connectivity index (χ0v) is 17.3. The summed E-state index contributed by atoms with van der Waals surface area (Å²) in [5.74, 6) is 0. The lowest BCUT2D eigenvalue weighted by molar-refractivity contribution is 0.539. The summed E-state index contributed by atoms with van der Waals surface area (Å²) < 4.78 is 29.2. The van der Waals surface area contributed by atoms with Gasteiger partial charge in [0.2, 0.25) is 10.0 Å². The smallest absolute Gasteiger partial charge is 0.243 e. The van der Waals surface area contributed by atoms with E-state index in [1.54, 1.807) is 7.05 Å². The Bertz CT molecular complexity index is 1080. The Morgan fingerprint density at radius 3 is 2.76 bits per heavy atom. The van der Waals surface area contributed by atoms with Crippen LogP contribution in [0.15, 0.2) is 65.8 Å². The molecule has 0 saturated heterocycles. The quantitative estimate of drug-likeness (QED) is 0.655. The molecule has 0 spiro atoms. The van der Waals surface area contributed by atoms with Gasteiger partial charge in [0, 0.05) is 25.8 Å². The van der Waals surface area contributed by atoms with Crippen molar-refractivity contribution in [3.8, 4) is 0 Å². The second-order valence-electron chi connectivity index (χ2n) is 7.51. The highest BCUT2D eigenvalue weighted by Crippen LogP contribution is 2.27. The van der Waals surface area contributed by atoms with Gasteiger partial charge in [-0.2, -0.15) is 5.10 Å². The third-order valence-electron chi connectivity index (χ3n) is 5.34. The lowest BCUT2D eigenvalue weighted by atomic mass is 9.92. The van der Waals surface area contributed by atoms with Crippen molar-refractivity contribution in [3.63, 3.8) is 0 Å². The van der Waals surface area contributed by atoms with E-state index >= 15 is 0 Å². The normalized spacial score (nSPS) is 16.9. The van der Waals surface area contributed by atoms with Crippen LogP contribution in [0.4, 0.5) is 0 Å². The molecule has 0 fully saturated rings. The first kappa shape index (κ1) is 19.8. The van der Waals surface area contributed by atoms with E-state index in [2.05, 4.69) is 51.5 Å². The van der Waals surface area contributed by atoms with Gasteiger partial charge < -0.3 is 5.32 Å². The summed E-state index contributed by atoms with van der Waals surface area (Å²) in [5, 5.41) is 7.61. The van der Waals surface area contributed by atoms with Gasteiger partial charge in [0.25, 0.3) is 0 Å². The summed E-state index contributed by atoms with van der Waals surface area (Å²) in [4.78, 5) is 0.179.